The highest BCUT2D eigenvalue weighted by atomic mass is 79.9. The van der Waals surface area contributed by atoms with Gasteiger partial charge in [-0.25, -0.2) is 0 Å². The first-order valence-electron chi connectivity index (χ1n) is 6.16. The molecule has 0 amide bonds. The summed E-state index contributed by atoms with van der Waals surface area (Å²) in [6.45, 7) is 4.98. The molecule has 0 radical (unpaired) electrons. The number of halogens is 1. The second-order valence-corrected chi connectivity index (χ2v) is 5.43. The Labute approximate surface area is 121 Å². The number of aliphatic hydroxyl groups is 1. The molecule has 1 rings (SSSR count). The van der Waals surface area contributed by atoms with Crippen molar-refractivity contribution in [3.63, 3.8) is 0 Å². The largest absolute Gasteiger partial charge is 0.409 e. The zero-order chi connectivity index (χ0) is 14.4. The number of hydrogen-bond acceptors (Lipinski definition) is 4. The monoisotopic (exact) mass is 329 g/mol. The molecule has 0 aliphatic rings. The molecular weight excluding hydrogens is 310 g/mol. The average Bonchev–Trinajstić information content (AvgIpc) is 2.39. The highest BCUT2D eigenvalue weighted by molar-refractivity contribution is 9.10. The van der Waals surface area contributed by atoms with Crippen LogP contribution in [0, 0.1) is 0 Å². The molecule has 1 aromatic rings. The van der Waals surface area contributed by atoms with Crippen molar-refractivity contribution in [2.24, 2.45) is 10.9 Å². The minimum Gasteiger partial charge on any atom is -0.409 e. The van der Waals surface area contributed by atoms with Crippen LogP contribution in [0.5, 0.6) is 0 Å². The van der Waals surface area contributed by atoms with Crippen LogP contribution >= 0.6 is 15.9 Å². The lowest BCUT2D eigenvalue weighted by molar-refractivity contribution is 0.288. The van der Waals surface area contributed by atoms with E-state index < -0.39 is 0 Å². The summed E-state index contributed by atoms with van der Waals surface area (Å²) in [7, 11) is 0. The van der Waals surface area contributed by atoms with Crippen molar-refractivity contribution < 1.29 is 10.3 Å². The summed E-state index contributed by atoms with van der Waals surface area (Å²) in [6.07, 6.45) is 0.670. The van der Waals surface area contributed by atoms with Crippen molar-refractivity contribution in [1.82, 2.24) is 0 Å². The average molecular weight is 330 g/mol. The Bertz CT molecular complexity index is 450. The minimum absolute atomic E-state index is 0.0750. The molecule has 6 heteroatoms. The van der Waals surface area contributed by atoms with E-state index in [4.69, 9.17) is 16.0 Å². The second-order valence-electron chi connectivity index (χ2n) is 4.51. The van der Waals surface area contributed by atoms with E-state index in [2.05, 4.69) is 39.8 Å². The van der Waals surface area contributed by atoms with Crippen molar-refractivity contribution >= 4 is 27.5 Å². The quantitative estimate of drug-likeness (QED) is 0.323. The summed E-state index contributed by atoms with van der Waals surface area (Å²) in [5.74, 6) is 0.0750. The van der Waals surface area contributed by atoms with E-state index in [0.717, 1.165) is 10.2 Å². The lowest BCUT2D eigenvalue weighted by Gasteiger charge is -2.30. The molecule has 0 fully saturated rings. The number of nitrogens with two attached hydrogens (primary N) is 1. The van der Waals surface area contributed by atoms with Crippen LogP contribution in [0.25, 0.3) is 0 Å². The van der Waals surface area contributed by atoms with Crippen LogP contribution in [0.1, 0.15) is 25.8 Å². The highest BCUT2D eigenvalue weighted by Gasteiger charge is 2.16. The Morgan fingerprint density at radius 2 is 2.16 bits per heavy atom. The van der Waals surface area contributed by atoms with Crippen molar-refractivity contribution in [1.29, 1.82) is 0 Å². The topological polar surface area (TPSA) is 82.1 Å². The molecule has 0 unspecified atom stereocenters. The van der Waals surface area contributed by atoms with Crippen molar-refractivity contribution in [2.45, 2.75) is 26.3 Å². The van der Waals surface area contributed by atoms with E-state index in [-0.39, 0.29) is 18.5 Å². The van der Waals surface area contributed by atoms with Crippen LogP contribution in [0.2, 0.25) is 0 Å². The molecule has 0 saturated carbocycles. The van der Waals surface area contributed by atoms with Gasteiger partial charge in [-0.15, -0.1) is 0 Å². The van der Waals surface area contributed by atoms with Gasteiger partial charge in [0, 0.05) is 34.9 Å². The van der Waals surface area contributed by atoms with Crippen molar-refractivity contribution in [2.75, 3.05) is 18.1 Å². The fourth-order valence-electron chi connectivity index (χ4n) is 1.92. The molecule has 4 N–H and O–H groups in total. The lowest BCUT2D eigenvalue weighted by atomic mass is 10.1. The minimum atomic E-state index is 0.0750. The molecule has 0 saturated heterocycles. The van der Waals surface area contributed by atoms with Crippen LogP contribution in [0.3, 0.4) is 0 Å². The van der Waals surface area contributed by atoms with E-state index in [1.807, 2.05) is 18.2 Å². The van der Waals surface area contributed by atoms with Gasteiger partial charge in [0.05, 0.1) is 0 Å². The molecule has 0 spiro atoms. The standard InChI is InChI=1S/C13H20BrN3O2/c1-9(2)17(6-3-7-18)12-5-4-10(14)8-11(12)13(15)16-19/h4-5,8-9,18-19H,3,6-7H2,1-2H3,(H2,15,16). The van der Waals surface area contributed by atoms with Crippen LogP contribution in [0.4, 0.5) is 5.69 Å². The van der Waals surface area contributed by atoms with Gasteiger partial charge in [0.15, 0.2) is 5.84 Å². The number of nitrogens with zero attached hydrogens (tertiary/aromatic N) is 2. The van der Waals surface area contributed by atoms with Gasteiger partial charge in [-0.05, 0) is 38.5 Å². The number of rotatable bonds is 6. The molecular formula is C13H20BrN3O2. The summed E-state index contributed by atoms with van der Waals surface area (Å²) in [5.41, 5.74) is 7.29. The van der Waals surface area contributed by atoms with E-state index in [1.54, 1.807) is 0 Å². The molecule has 19 heavy (non-hydrogen) atoms. The Balaban J connectivity index is 3.21. The van der Waals surface area contributed by atoms with Gasteiger partial charge < -0.3 is 20.9 Å². The van der Waals surface area contributed by atoms with Gasteiger partial charge >= 0.3 is 0 Å². The Morgan fingerprint density at radius 1 is 1.47 bits per heavy atom. The number of anilines is 1. The molecule has 1 aromatic carbocycles. The summed E-state index contributed by atoms with van der Waals surface area (Å²) < 4.78 is 0.865. The predicted octanol–water partition coefficient (Wildman–Crippen LogP) is 2.14. The zero-order valence-electron chi connectivity index (χ0n) is 11.2. The number of oxime groups is 1. The molecule has 5 nitrogen and oxygen atoms in total. The normalized spacial score (nSPS) is 11.9. The van der Waals surface area contributed by atoms with Crippen LogP contribution in [-0.4, -0.2) is 35.3 Å². The second kappa shape index (κ2) is 7.35. The first-order chi connectivity index (χ1) is 9.01. The van der Waals surface area contributed by atoms with Crippen LogP contribution in [0.15, 0.2) is 27.8 Å². The fraction of sp³-hybridized carbons (Fsp3) is 0.462. The molecule has 106 valence electrons. The summed E-state index contributed by atoms with van der Waals surface area (Å²) in [6, 6.07) is 5.91. The van der Waals surface area contributed by atoms with Crippen LogP contribution in [-0.2, 0) is 0 Å². The third-order valence-electron chi connectivity index (χ3n) is 2.83. The van der Waals surface area contributed by atoms with Crippen molar-refractivity contribution in [3.8, 4) is 0 Å². The van der Waals surface area contributed by atoms with Gasteiger partial charge in [-0.3, -0.25) is 0 Å². The lowest BCUT2D eigenvalue weighted by Crippen LogP contribution is -2.34. The van der Waals surface area contributed by atoms with E-state index in [0.29, 0.717) is 18.5 Å². The number of hydrogen-bond donors (Lipinski definition) is 3. The van der Waals surface area contributed by atoms with Gasteiger partial charge in [-0.1, -0.05) is 21.1 Å². The maximum absolute atomic E-state index is 8.99. The van der Waals surface area contributed by atoms with Crippen molar-refractivity contribution in [3.05, 3.63) is 28.2 Å². The van der Waals surface area contributed by atoms with E-state index in [1.165, 1.54) is 0 Å². The van der Waals surface area contributed by atoms with Gasteiger partial charge in [-0.2, -0.15) is 0 Å². The summed E-state index contributed by atoms with van der Waals surface area (Å²) in [4.78, 5) is 2.12. The summed E-state index contributed by atoms with van der Waals surface area (Å²) in [5, 5.41) is 21.0. The van der Waals surface area contributed by atoms with Gasteiger partial charge in [0.2, 0.25) is 0 Å². The molecule has 0 atom stereocenters. The Morgan fingerprint density at radius 3 is 2.68 bits per heavy atom. The predicted molar refractivity (Wildman–Crippen MR) is 80.8 cm³/mol. The third-order valence-corrected chi connectivity index (χ3v) is 3.33. The van der Waals surface area contributed by atoms with Crippen LogP contribution < -0.4 is 10.6 Å². The first kappa shape index (κ1) is 15.8. The number of aliphatic hydroxyl groups excluding tert-OH is 1. The zero-order valence-corrected chi connectivity index (χ0v) is 12.8. The van der Waals surface area contributed by atoms with Gasteiger partial charge in [0.25, 0.3) is 0 Å². The summed E-state index contributed by atoms with van der Waals surface area (Å²) >= 11 is 3.38. The maximum Gasteiger partial charge on any atom is 0.172 e. The SMILES string of the molecule is CC(C)N(CCCO)c1ccc(Br)cc1/C(N)=N/O. The molecule has 0 aliphatic heterocycles. The molecule has 0 bridgehead atoms. The smallest absolute Gasteiger partial charge is 0.172 e. The molecule has 0 aliphatic carbocycles. The number of amidine groups is 1. The molecule has 0 heterocycles. The third kappa shape index (κ3) is 4.11. The van der Waals surface area contributed by atoms with Gasteiger partial charge in [0.1, 0.15) is 0 Å². The Hall–Kier alpha value is -1.27. The van der Waals surface area contributed by atoms with E-state index >= 15 is 0 Å². The number of benzene rings is 1. The fourth-order valence-corrected chi connectivity index (χ4v) is 2.28. The highest BCUT2D eigenvalue weighted by Crippen LogP contribution is 2.26. The first-order valence-corrected chi connectivity index (χ1v) is 6.95. The molecule has 0 aromatic heterocycles. The Kier molecular flexibility index (Phi) is 6.11. The maximum atomic E-state index is 8.99. The van der Waals surface area contributed by atoms with E-state index in [9.17, 15) is 0 Å².